The zero-order valence-electron chi connectivity index (χ0n) is 13.4. The largest absolute Gasteiger partial charge is 0.506 e. The standard InChI is InChI=1S/C16H12N2O7S2/c19-14-7-6-11(26(20,21)22)9-13(14)17-18-16-12-4-2-1-3-10(12)5-8-15(16)27(23,24)25/h1-9,19H,(H,20,21,22)(H,23,24,25). The van der Waals surface area contributed by atoms with Gasteiger partial charge in [-0.3, -0.25) is 9.11 Å². The number of phenols is 1. The minimum Gasteiger partial charge on any atom is -0.506 e. The van der Waals surface area contributed by atoms with Gasteiger partial charge in [-0.2, -0.15) is 16.8 Å². The predicted octanol–water partition coefficient (Wildman–Crippen LogP) is 3.45. The van der Waals surface area contributed by atoms with Crippen molar-refractivity contribution in [2.24, 2.45) is 10.2 Å². The minimum atomic E-state index is -4.62. The van der Waals surface area contributed by atoms with Crippen molar-refractivity contribution in [3.8, 4) is 5.75 Å². The summed E-state index contributed by atoms with van der Waals surface area (Å²) in [6, 6.07) is 12.1. The number of rotatable bonds is 4. The van der Waals surface area contributed by atoms with Crippen LogP contribution in [-0.4, -0.2) is 31.0 Å². The highest BCUT2D eigenvalue weighted by atomic mass is 32.2. The van der Waals surface area contributed by atoms with Gasteiger partial charge in [0.05, 0.1) is 4.90 Å². The van der Waals surface area contributed by atoms with E-state index in [1.54, 1.807) is 24.3 Å². The first-order chi connectivity index (χ1) is 12.6. The Labute approximate surface area is 154 Å². The summed E-state index contributed by atoms with van der Waals surface area (Å²) in [5, 5.41) is 18.3. The van der Waals surface area contributed by atoms with Gasteiger partial charge in [0.1, 0.15) is 22.0 Å². The van der Waals surface area contributed by atoms with E-state index < -0.39 is 35.8 Å². The molecule has 0 aliphatic carbocycles. The van der Waals surface area contributed by atoms with Crippen molar-refractivity contribution in [2.75, 3.05) is 0 Å². The lowest BCUT2D eigenvalue weighted by Gasteiger charge is -2.07. The lowest BCUT2D eigenvalue weighted by atomic mass is 10.1. The molecule has 0 spiro atoms. The topological polar surface area (TPSA) is 154 Å². The Morgan fingerprint density at radius 3 is 2.15 bits per heavy atom. The van der Waals surface area contributed by atoms with Gasteiger partial charge in [-0.25, -0.2) is 0 Å². The van der Waals surface area contributed by atoms with Gasteiger partial charge in [0, 0.05) is 5.39 Å². The molecule has 0 unspecified atom stereocenters. The molecule has 3 aromatic rings. The number of nitrogens with zero attached hydrogens (tertiary/aromatic N) is 2. The average molecular weight is 408 g/mol. The van der Waals surface area contributed by atoms with Crippen LogP contribution in [0.15, 0.2) is 74.6 Å². The molecule has 0 bridgehead atoms. The number of azo groups is 1. The first kappa shape index (κ1) is 18.9. The normalized spacial score (nSPS) is 12.7. The van der Waals surface area contributed by atoms with Crippen LogP contribution in [0.25, 0.3) is 10.8 Å². The Morgan fingerprint density at radius 2 is 1.48 bits per heavy atom. The first-order valence-corrected chi connectivity index (χ1v) is 10.2. The molecular weight excluding hydrogens is 396 g/mol. The van der Waals surface area contributed by atoms with Crippen LogP contribution in [0, 0.1) is 0 Å². The molecule has 0 fully saturated rings. The van der Waals surface area contributed by atoms with E-state index in [4.69, 9.17) is 4.55 Å². The van der Waals surface area contributed by atoms with Crippen LogP contribution in [0.1, 0.15) is 0 Å². The van der Waals surface area contributed by atoms with E-state index in [1.807, 2.05) is 0 Å². The maximum Gasteiger partial charge on any atom is 0.296 e. The second-order valence-corrected chi connectivity index (χ2v) is 8.25. The van der Waals surface area contributed by atoms with Gasteiger partial charge in [0.25, 0.3) is 20.2 Å². The fraction of sp³-hybridized carbons (Fsp3) is 0. The SMILES string of the molecule is O=S(=O)(O)c1ccc(O)c(N=Nc2c(S(=O)(=O)O)ccc3ccccc23)c1. The monoisotopic (exact) mass is 408 g/mol. The average Bonchev–Trinajstić information content (AvgIpc) is 2.58. The molecule has 140 valence electrons. The Hall–Kier alpha value is -2.86. The number of hydrogen-bond donors (Lipinski definition) is 3. The summed E-state index contributed by atoms with van der Waals surface area (Å²) in [4.78, 5) is -1.03. The summed E-state index contributed by atoms with van der Waals surface area (Å²) in [7, 11) is -9.16. The fourth-order valence-corrected chi connectivity index (χ4v) is 3.53. The molecule has 0 atom stereocenters. The van der Waals surface area contributed by atoms with Gasteiger partial charge in [0.15, 0.2) is 0 Å². The molecule has 0 radical (unpaired) electrons. The molecule has 11 heteroatoms. The number of fused-ring (bicyclic) bond motifs is 1. The van der Waals surface area contributed by atoms with Crippen molar-refractivity contribution in [2.45, 2.75) is 9.79 Å². The van der Waals surface area contributed by atoms with Crippen LogP contribution in [-0.2, 0) is 20.2 Å². The van der Waals surface area contributed by atoms with E-state index in [9.17, 15) is 26.5 Å². The van der Waals surface area contributed by atoms with Gasteiger partial charge >= 0.3 is 0 Å². The third kappa shape index (κ3) is 3.95. The van der Waals surface area contributed by atoms with Gasteiger partial charge in [-0.05, 0) is 29.7 Å². The van der Waals surface area contributed by atoms with E-state index >= 15 is 0 Å². The molecular formula is C16H12N2O7S2. The third-order valence-corrected chi connectivity index (χ3v) is 5.38. The number of aromatic hydroxyl groups is 1. The van der Waals surface area contributed by atoms with Crippen LogP contribution in [0.2, 0.25) is 0 Å². The molecule has 3 aromatic carbocycles. The van der Waals surface area contributed by atoms with E-state index in [0.29, 0.717) is 10.8 Å². The molecule has 3 N–H and O–H groups in total. The van der Waals surface area contributed by atoms with Crippen molar-refractivity contribution < 1.29 is 31.0 Å². The molecule has 0 saturated heterocycles. The van der Waals surface area contributed by atoms with Crippen LogP contribution < -0.4 is 0 Å². The molecule has 0 amide bonds. The van der Waals surface area contributed by atoms with Gasteiger partial charge in [0.2, 0.25) is 0 Å². The second-order valence-electron chi connectivity index (χ2n) is 5.43. The zero-order valence-corrected chi connectivity index (χ0v) is 15.0. The van der Waals surface area contributed by atoms with E-state index in [2.05, 4.69) is 10.2 Å². The van der Waals surface area contributed by atoms with Gasteiger partial charge in [-0.1, -0.05) is 30.3 Å². The summed E-state index contributed by atoms with van der Waals surface area (Å²) < 4.78 is 64.3. The van der Waals surface area contributed by atoms with Crippen molar-refractivity contribution in [3.05, 3.63) is 54.6 Å². The molecule has 0 aliphatic heterocycles. The Kier molecular flexibility index (Phi) is 4.70. The van der Waals surface area contributed by atoms with Crippen LogP contribution in [0.3, 0.4) is 0 Å². The maximum absolute atomic E-state index is 11.7. The Bertz CT molecular complexity index is 1280. The maximum atomic E-state index is 11.7. The van der Waals surface area contributed by atoms with Crippen molar-refractivity contribution >= 4 is 42.4 Å². The highest BCUT2D eigenvalue weighted by Crippen LogP contribution is 2.36. The van der Waals surface area contributed by atoms with Crippen molar-refractivity contribution in [3.63, 3.8) is 0 Å². The van der Waals surface area contributed by atoms with Crippen LogP contribution in [0.4, 0.5) is 11.4 Å². The summed E-state index contributed by atoms with van der Waals surface area (Å²) in [5.41, 5.74) is -0.508. The molecule has 0 aromatic heterocycles. The van der Waals surface area contributed by atoms with Gasteiger partial charge in [-0.15, -0.1) is 10.2 Å². The molecule has 9 nitrogen and oxygen atoms in total. The second kappa shape index (κ2) is 6.70. The lowest BCUT2D eigenvalue weighted by Crippen LogP contribution is -1.98. The van der Waals surface area contributed by atoms with Crippen LogP contribution in [0.5, 0.6) is 5.75 Å². The molecule has 0 aliphatic rings. The summed E-state index contributed by atoms with van der Waals surface area (Å²) in [5.74, 6) is -0.445. The van der Waals surface area contributed by atoms with Gasteiger partial charge < -0.3 is 5.11 Å². The van der Waals surface area contributed by atoms with Crippen LogP contribution >= 0.6 is 0 Å². The molecule has 0 saturated carbocycles. The third-order valence-electron chi connectivity index (χ3n) is 3.64. The van der Waals surface area contributed by atoms with E-state index in [1.165, 1.54) is 6.07 Å². The van der Waals surface area contributed by atoms with E-state index in [-0.39, 0.29) is 11.4 Å². The highest BCUT2D eigenvalue weighted by molar-refractivity contribution is 7.86. The van der Waals surface area contributed by atoms with E-state index in [0.717, 1.165) is 24.3 Å². The fourth-order valence-electron chi connectivity index (χ4n) is 2.39. The predicted molar refractivity (Wildman–Crippen MR) is 95.9 cm³/mol. The molecule has 3 rings (SSSR count). The molecule has 27 heavy (non-hydrogen) atoms. The van der Waals surface area contributed by atoms with Crippen molar-refractivity contribution in [1.29, 1.82) is 0 Å². The highest BCUT2D eigenvalue weighted by Gasteiger charge is 2.18. The first-order valence-electron chi connectivity index (χ1n) is 7.29. The number of phenolic OH excluding ortho intramolecular Hbond substituents is 1. The summed E-state index contributed by atoms with van der Waals surface area (Å²) >= 11 is 0. The minimum absolute atomic E-state index is 0.188. The quantitative estimate of drug-likeness (QED) is 0.441. The summed E-state index contributed by atoms with van der Waals surface area (Å²) in [6.07, 6.45) is 0. The number of hydrogen-bond acceptors (Lipinski definition) is 7. The zero-order chi connectivity index (χ0) is 19.8. The Balaban J connectivity index is 2.23. The molecule has 0 heterocycles. The summed E-state index contributed by atoms with van der Waals surface area (Å²) in [6.45, 7) is 0. The number of benzene rings is 3. The smallest absolute Gasteiger partial charge is 0.296 e. The Morgan fingerprint density at radius 1 is 0.778 bits per heavy atom. The van der Waals surface area contributed by atoms with Crippen molar-refractivity contribution in [1.82, 2.24) is 0 Å². The lowest BCUT2D eigenvalue weighted by molar-refractivity contribution is 0.473.